The molecule has 0 saturated carbocycles. The molecule has 2 aromatic carbocycles. The summed E-state index contributed by atoms with van der Waals surface area (Å²) in [5, 5.41) is 3.52. The Hall–Kier alpha value is -3.23. The molecule has 1 atom stereocenters. The first kappa shape index (κ1) is 23.5. The molecule has 0 fully saturated rings. The molecule has 15 heteroatoms. The minimum atomic E-state index is -4.01. The molecule has 2 aromatic heterocycles. The zero-order valence-electron chi connectivity index (χ0n) is 17.3. The zero-order chi connectivity index (χ0) is 25.4. The van der Waals surface area contributed by atoms with Crippen molar-refractivity contribution in [3.63, 3.8) is 0 Å². The third-order valence-corrected chi connectivity index (χ3v) is 6.44. The second kappa shape index (κ2) is 7.63. The number of fused-ring (bicyclic) bond motifs is 2. The Labute approximate surface area is 197 Å². The van der Waals surface area contributed by atoms with E-state index in [0.29, 0.717) is 27.5 Å². The number of imidazole rings is 1. The largest absolute Gasteiger partial charge is 0.354 e. The van der Waals surface area contributed by atoms with Crippen molar-refractivity contribution >= 4 is 32.6 Å². The smallest absolute Gasteiger partial charge is 0.334 e. The fraction of sp³-hybridized carbons (Fsp3) is 0.200. The van der Waals surface area contributed by atoms with Crippen LogP contribution in [0.25, 0.3) is 27.9 Å². The van der Waals surface area contributed by atoms with Gasteiger partial charge in [-0.15, -0.1) is 0 Å². The van der Waals surface area contributed by atoms with Gasteiger partial charge < -0.3 is 4.52 Å². The lowest BCUT2D eigenvalue weighted by atomic mass is 10.00. The number of benzene rings is 2. The monoisotopic (exact) mass is 534 g/mol. The number of alkyl halides is 2. The Morgan fingerprint density at radius 1 is 1.17 bits per heavy atom. The highest BCUT2D eigenvalue weighted by atomic mass is 35.5. The number of nitrogens with one attached hydrogen (secondary N) is 1. The van der Waals surface area contributed by atoms with E-state index >= 15 is 0 Å². The van der Waals surface area contributed by atoms with Crippen LogP contribution in [0.15, 0.2) is 39.8 Å². The quantitative estimate of drug-likeness (QED) is 0.404. The Balaban J connectivity index is 1.73. The highest BCUT2D eigenvalue weighted by Crippen LogP contribution is 2.41. The molecule has 0 unspecified atom stereocenters. The molecule has 3 heterocycles. The van der Waals surface area contributed by atoms with E-state index in [1.165, 1.54) is 6.07 Å². The predicted octanol–water partition coefficient (Wildman–Crippen LogP) is 3.54. The van der Waals surface area contributed by atoms with Gasteiger partial charge in [0, 0.05) is 35.0 Å². The van der Waals surface area contributed by atoms with Gasteiger partial charge in [0.2, 0.25) is 10.0 Å². The number of halogens is 6. The number of aromatic nitrogens is 3. The van der Waals surface area contributed by atoms with Crippen LogP contribution >= 0.6 is 11.6 Å². The molecule has 35 heavy (non-hydrogen) atoms. The Morgan fingerprint density at radius 2 is 1.83 bits per heavy atom. The van der Waals surface area contributed by atoms with E-state index in [1.54, 1.807) is 4.72 Å². The first-order chi connectivity index (χ1) is 16.3. The van der Waals surface area contributed by atoms with Gasteiger partial charge in [0.15, 0.2) is 11.4 Å². The van der Waals surface area contributed by atoms with Crippen molar-refractivity contribution in [3.05, 3.63) is 69.1 Å². The summed E-state index contributed by atoms with van der Waals surface area (Å²) in [4.78, 5) is 13.0. The first-order valence-corrected chi connectivity index (χ1v) is 12.0. The van der Waals surface area contributed by atoms with Crippen LogP contribution in [0.5, 0.6) is 0 Å². The maximum atomic E-state index is 14.9. The number of sulfonamides is 1. The molecule has 1 aliphatic rings. The summed E-state index contributed by atoms with van der Waals surface area (Å²) in [6.45, 7) is -0.684. The SMILES string of the molecule is CS(=O)(=O)N[C@@H]1Cn2c(cn(-c3noc4cc(Cl)cc(-c5c(F)cc(F)cc5F)c34)c2=O)C1(F)F. The average Bonchev–Trinajstić information content (AvgIpc) is 3.33. The van der Waals surface area contributed by atoms with Crippen LogP contribution in [0.4, 0.5) is 22.0 Å². The van der Waals surface area contributed by atoms with Gasteiger partial charge in [-0.25, -0.2) is 35.7 Å². The van der Waals surface area contributed by atoms with Gasteiger partial charge in [-0.2, -0.15) is 8.78 Å². The average molecular weight is 535 g/mol. The van der Waals surface area contributed by atoms with Gasteiger partial charge in [-0.1, -0.05) is 16.8 Å². The molecule has 0 saturated heterocycles. The van der Waals surface area contributed by atoms with Crippen molar-refractivity contribution in [2.45, 2.75) is 18.5 Å². The summed E-state index contributed by atoms with van der Waals surface area (Å²) >= 11 is 6.03. The summed E-state index contributed by atoms with van der Waals surface area (Å²) < 4.78 is 104. The second-order valence-electron chi connectivity index (χ2n) is 7.92. The van der Waals surface area contributed by atoms with Crippen molar-refractivity contribution in [1.82, 2.24) is 19.0 Å². The molecular weight excluding hydrogens is 523 g/mol. The number of nitrogens with zero attached hydrogens (tertiary/aromatic N) is 3. The van der Waals surface area contributed by atoms with Crippen LogP contribution in [-0.2, 0) is 22.5 Å². The third-order valence-electron chi connectivity index (χ3n) is 5.51. The van der Waals surface area contributed by atoms with Crippen LogP contribution in [0, 0.1) is 17.5 Å². The van der Waals surface area contributed by atoms with Crippen LogP contribution in [0.1, 0.15) is 5.69 Å². The Bertz CT molecular complexity index is 1670. The minimum Gasteiger partial charge on any atom is -0.354 e. The summed E-state index contributed by atoms with van der Waals surface area (Å²) in [6, 6.07) is 1.32. The third kappa shape index (κ3) is 3.72. The summed E-state index contributed by atoms with van der Waals surface area (Å²) in [5.74, 6) is -7.90. The van der Waals surface area contributed by atoms with E-state index in [9.17, 15) is 35.2 Å². The van der Waals surface area contributed by atoms with Gasteiger partial charge >= 0.3 is 11.6 Å². The van der Waals surface area contributed by atoms with Gasteiger partial charge in [0.1, 0.15) is 29.2 Å². The summed E-state index contributed by atoms with van der Waals surface area (Å²) in [6.07, 6.45) is 1.44. The maximum Gasteiger partial charge on any atom is 0.334 e. The van der Waals surface area contributed by atoms with Crippen LogP contribution in [0.2, 0.25) is 5.02 Å². The standard InChI is InChI=1S/C20H12ClF5N4O4S/c1-35(32,33)28-14-6-29-15(20(14,25)26)7-30(19(29)31)18-17-10(2-8(21)3-13(17)34-27-18)16-11(23)4-9(22)5-12(16)24/h2-5,7,14,28H,6H2,1H3/t14-/m1/s1. The van der Waals surface area contributed by atoms with Crippen molar-refractivity contribution in [2.24, 2.45) is 0 Å². The van der Waals surface area contributed by atoms with E-state index in [2.05, 4.69) is 5.16 Å². The lowest BCUT2D eigenvalue weighted by Crippen LogP contribution is -2.44. The molecular formula is C20H12ClF5N4O4S. The zero-order valence-corrected chi connectivity index (χ0v) is 18.9. The van der Waals surface area contributed by atoms with E-state index in [-0.39, 0.29) is 27.4 Å². The summed E-state index contributed by atoms with van der Waals surface area (Å²) in [7, 11) is -4.01. The molecule has 0 spiro atoms. The van der Waals surface area contributed by atoms with Crippen LogP contribution in [-0.4, -0.2) is 35.0 Å². The lowest BCUT2D eigenvalue weighted by Gasteiger charge is -2.18. The molecule has 184 valence electrons. The topological polar surface area (TPSA) is 99.1 Å². The minimum absolute atomic E-state index is 0.0359. The molecule has 1 N–H and O–H groups in total. The fourth-order valence-corrected chi connectivity index (χ4v) is 5.05. The van der Waals surface area contributed by atoms with Gasteiger partial charge in [-0.3, -0.25) is 4.57 Å². The summed E-state index contributed by atoms with van der Waals surface area (Å²) in [5.41, 5.74) is -2.94. The van der Waals surface area contributed by atoms with E-state index < -0.39 is 62.9 Å². The van der Waals surface area contributed by atoms with Crippen molar-refractivity contribution in [3.8, 4) is 16.9 Å². The predicted molar refractivity (Wildman–Crippen MR) is 114 cm³/mol. The van der Waals surface area contributed by atoms with Crippen LogP contribution in [0.3, 0.4) is 0 Å². The second-order valence-corrected chi connectivity index (χ2v) is 10.1. The van der Waals surface area contributed by atoms with E-state index in [1.807, 2.05) is 0 Å². The van der Waals surface area contributed by atoms with E-state index in [4.69, 9.17) is 16.1 Å². The highest BCUT2D eigenvalue weighted by Gasteiger charge is 2.52. The number of hydrogen-bond donors (Lipinski definition) is 1. The van der Waals surface area contributed by atoms with Crippen molar-refractivity contribution in [1.29, 1.82) is 0 Å². The normalized spacial score (nSPS) is 17.3. The molecule has 0 amide bonds. The molecule has 0 aliphatic carbocycles. The van der Waals surface area contributed by atoms with Crippen LogP contribution < -0.4 is 10.4 Å². The van der Waals surface area contributed by atoms with Gasteiger partial charge in [-0.05, 0) is 6.07 Å². The van der Waals surface area contributed by atoms with Gasteiger partial charge in [0.25, 0.3) is 0 Å². The molecule has 0 bridgehead atoms. The molecule has 4 aromatic rings. The Morgan fingerprint density at radius 3 is 2.43 bits per heavy atom. The number of hydrogen-bond acceptors (Lipinski definition) is 5. The molecule has 0 radical (unpaired) electrons. The van der Waals surface area contributed by atoms with Crippen molar-refractivity contribution in [2.75, 3.05) is 6.26 Å². The molecule has 1 aliphatic heterocycles. The molecule has 8 nitrogen and oxygen atoms in total. The van der Waals surface area contributed by atoms with E-state index in [0.717, 1.165) is 12.3 Å². The first-order valence-electron chi connectivity index (χ1n) is 9.70. The lowest BCUT2D eigenvalue weighted by molar-refractivity contribution is -0.0248. The Kier molecular flexibility index (Phi) is 5.13. The molecule has 5 rings (SSSR count). The van der Waals surface area contributed by atoms with Crippen molar-refractivity contribution < 1.29 is 34.9 Å². The fourth-order valence-electron chi connectivity index (χ4n) is 4.10. The van der Waals surface area contributed by atoms with Gasteiger partial charge in [0.05, 0.1) is 23.8 Å². The number of rotatable bonds is 4. The highest BCUT2D eigenvalue weighted by molar-refractivity contribution is 7.88. The maximum absolute atomic E-state index is 14.9.